The number of hydrogen-bond acceptors (Lipinski definition) is 4. The Labute approximate surface area is 176 Å². The molecule has 2 aliphatic rings. The van der Waals surface area contributed by atoms with E-state index in [1.165, 1.54) is 5.56 Å². The van der Waals surface area contributed by atoms with E-state index in [4.69, 9.17) is 14.5 Å². The number of benzene rings is 1. The Hall–Kier alpha value is -1.79. The third-order valence-corrected chi connectivity index (χ3v) is 5.68. The maximum absolute atomic E-state index is 5.79. The lowest BCUT2D eigenvalue weighted by Gasteiger charge is -2.33. The van der Waals surface area contributed by atoms with E-state index in [0.717, 1.165) is 76.9 Å². The Kier molecular flexibility index (Phi) is 8.62. The fourth-order valence-corrected chi connectivity index (χ4v) is 4.04. The summed E-state index contributed by atoms with van der Waals surface area (Å²) >= 11 is 0. The quantitative estimate of drug-likeness (QED) is 0.517. The molecule has 0 radical (unpaired) electrons. The van der Waals surface area contributed by atoms with Crippen LogP contribution in [0.4, 0.5) is 0 Å². The number of guanidine groups is 1. The summed E-state index contributed by atoms with van der Waals surface area (Å²) in [5.41, 5.74) is 1.29. The van der Waals surface area contributed by atoms with E-state index in [-0.39, 0.29) is 0 Å². The van der Waals surface area contributed by atoms with E-state index in [1.807, 2.05) is 6.07 Å². The van der Waals surface area contributed by atoms with Crippen molar-refractivity contribution < 1.29 is 9.47 Å². The van der Waals surface area contributed by atoms with Crippen LogP contribution in [0.2, 0.25) is 0 Å². The van der Waals surface area contributed by atoms with Crippen LogP contribution in [0.1, 0.15) is 51.5 Å². The summed E-state index contributed by atoms with van der Waals surface area (Å²) < 4.78 is 11.5. The molecule has 0 amide bonds. The van der Waals surface area contributed by atoms with Gasteiger partial charge in [-0.2, -0.15) is 0 Å². The van der Waals surface area contributed by atoms with Crippen LogP contribution in [0.3, 0.4) is 0 Å². The van der Waals surface area contributed by atoms with E-state index in [2.05, 4.69) is 54.5 Å². The second-order valence-corrected chi connectivity index (χ2v) is 8.27. The number of likely N-dealkylation sites (tertiary alicyclic amines) is 1. The molecule has 0 aliphatic carbocycles. The number of fused-ring (bicyclic) bond motifs is 1. The van der Waals surface area contributed by atoms with Gasteiger partial charge in [0.05, 0.1) is 19.3 Å². The molecule has 29 heavy (non-hydrogen) atoms. The van der Waals surface area contributed by atoms with Gasteiger partial charge >= 0.3 is 0 Å². The number of piperidine rings is 1. The van der Waals surface area contributed by atoms with E-state index < -0.39 is 0 Å². The topological polar surface area (TPSA) is 58.1 Å². The number of para-hydroxylation sites is 1. The molecule has 3 rings (SSSR count). The van der Waals surface area contributed by atoms with Gasteiger partial charge in [-0.05, 0) is 51.7 Å². The lowest BCUT2D eigenvalue weighted by Crippen LogP contribution is -2.49. The lowest BCUT2D eigenvalue weighted by atomic mass is 9.93. The van der Waals surface area contributed by atoms with Crippen molar-refractivity contribution in [2.45, 2.75) is 58.1 Å². The predicted molar refractivity (Wildman–Crippen MR) is 119 cm³/mol. The molecule has 0 spiro atoms. The van der Waals surface area contributed by atoms with Gasteiger partial charge in [-0.25, -0.2) is 0 Å². The Bertz CT molecular complexity index is 642. The van der Waals surface area contributed by atoms with Gasteiger partial charge in [0.1, 0.15) is 5.75 Å². The van der Waals surface area contributed by atoms with Crippen molar-refractivity contribution in [3.05, 3.63) is 29.8 Å². The van der Waals surface area contributed by atoms with Crippen molar-refractivity contribution >= 4 is 5.96 Å². The van der Waals surface area contributed by atoms with Crippen LogP contribution >= 0.6 is 0 Å². The van der Waals surface area contributed by atoms with Crippen LogP contribution in [0, 0.1) is 0 Å². The maximum atomic E-state index is 5.79. The molecule has 0 bridgehead atoms. The number of nitrogens with one attached hydrogen (secondary N) is 2. The first-order chi connectivity index (χ1) is 14.2. The first-order valence-corrected chi connectivity index (χ1v) is 11.3. The molecule has 0 saturated carbocycles. The Balaban J connectivity index is 1.48. The van der Waals surface area contributed by atoms with Crippen LogP contribution in [0.5, 0.6) is 5.75 Å². The average Bonchev–Trinajstić information content (AvgIpc) is 2.73. The standard InChI is InChI=1S/C23H38N4O2/c1-4-24-23(25-17-19-11-15-29-22-8-6-5-7-21(19)22)26-20-9-12-27(13-10-20)14-16-28-18(2)3/h5-8,18-20H,4,9-17H2,1-3H3,(H2,24,25,26). The molecule has 1 atom stereocenters. The summed E-state index contributed by atoms with van der Waals surface area (Å²) in [5, 5.41) is 7.09. The van der Waals surface area contributed by atoms with Gasteiger partial charge < -0.3 is 25.0 Å². The van der Waals surface area contributed by atoms with Gasteiger partial charge in [0.15, 0.2) is 5.96 Å². The number of aliphatic imine (C=N–C) groups is 1. The summed E-state index contributed by atoms with van der Waals surface area (Å²) in [5.74, 6) is 2.39. The molecule has 162 valence electrons. The van der Waals surface area contributed by atoms with Crippen molar-refractivity contribution in [1.82, 2.24) is 15.5 Å². The Morgan fingerprint density at radius 1 is 1.24 bits per heavy atom. The summed E-state index contributed by atoms with van der Waals surface area (Å²) in [6.45, 7) is 12.8. The van der Waals surface area contributed by atoms with Crippen molar-refractivity contribution in [2.24, 2.45) is 4.99 Å². The zero-order valence-corrected chi connectivity index (χ0v) is 18.3. The number of hydrogen-bond donors (Lipinski definition) is 2. The predicted octanol–water partition coefficient (Wildman–Crippen LogP) is 3.00. The highest BCUT2D eigenvalue weighted by atomic mass is 16.5. The van der Waals surface area contributed by atoms with Gasteiger partial charge in [0.2, 0.25) is 0 Å². The van der Waals surface area contributed by atoms with Gasteiger partial charge in [0.25, 0.3) is 0 Å². The van der Waals surface area contributed by atoms with Crippen LogP contribution in [-0.2, 0) is 4.74 Å². The molecular weight excluding hydrogens is 364 g/mol. The number of rotatable bonds is 8. The lowest BCUT2D eigenvalue weighted by molar-refractivity contribution is 0.0532. The van der Waals surface area contributed by atoms with Crippen LogP contribution in [-0.4, -0.2) is 68.9 Å². The summed E-state index contributed by atoms with van der Waals surface area (Å²) in [4.78, 5) is 7.43. The molecule has 1 aromatic rings. The van der Waals surface area contributed by atoms with Crippen LogP contribution in [0.15, 0.2) is 29.3 Å². The van der Waals surface area contributed by atoms with Gasteiger partial charge in [-0.1, -0.05) is 18.2 Å². The second-order valence-electron chi connectivity index (χ2n) is 8.27. The highest BCUT2D eigenvalue weighted by molar-refractivity contribution is 5.80. The zero-order valence-electron chi connectivity index (χ0n) is 18.3. The van der Waals surface area contributed by atoms with Crippen molar-refractivity contribution in [1.29, 1.82) is 0 Å². The minimum absolute atomic E-state index is 0.316. The van der Waals surface area contributed by atoms with Gasteiger partial charge in [0, 0.05) is 44.7 Å². The SMILES string of the molecule is CCNC(=NCC1CCOc2ccccc21)NC1CCN(CCOC(C)C)CC1. The number of nitrogens with zero attached hydrogens (tertiary/aromatic N) is 2. The average molecular weight is 403 g/mol. The highest BCUT2D eigenvalue weighted by Crippen LogP contribution is 2.33. The summed E-state index contributed by atoms with van der Waals surface area (Å²) in [6, 6.07) is 8.85. The fourth-order valence-electron chi connectivity index (χ4n) is 4.04. The molecule has 1 saturated heterocycles. The molecular formula is C23H38N4O2. The minimum Gasteiger partial charge on any atom is -0.493 e. The number of ether oxygens (including phenoxy) is 2. The van der Waals surface area contributed by atoms with Crippen molar-refractivity contribution in [3.63, 3.8) is 0 Å². The maximum Gasteiger partial charge on any atom is 0.191 e. The molecule has 2 aliphatic heterocycles. The van der Waals surface area contributed by atoms with Gasteiger partial charge in [-0.15, -0.1) is 0 Å². The minimum atomic E-state index is 0.316. The van der Waals surface area contributed by atoms with Crippen molar-refractivity contribution in [2.75, 3.05) is 45.9 Å². The van der Waals surface area contributed by atoms with E-state index >= 15 is 0 Å². The highest BCUT2D eigenvalue weighted by Gasteiger charge is 2.22. The van der Waals surface area contributed by atoms with Crippen LogP contribution in [0.25, 0.3) is 0 Å². The normalized spacial score (nSPS) is 21.0. The largest absolute Gasteiger partial charge is 0.493 e. The molecule has 2 N–H and O–H groups in total. The summed E-state index contributed by atoms with van der Waals surface area (Å²) in [7, 11) is 0. The van der Waals surface area contributed by atoms with E-state index in [1.54, 1.807) is 0 Å². The van der Waals surface area contributed by atoms with E-state index in [9.17, 15) is 0 Å². The molecule has 1 unspecified atom stereocenters. The molecule has 1 fully saturated rings. The smallest absolute Gasteiger partial charge is 0.191 e. The zero-order chi connectivity index (χ0) is 20.5. The second kappa shape index (κ2) is 11.4. The van der Waals surface area contributed by atoms with Crippen LogP contribution < -0.4 is 15.4 Å². The summed E-state index contributed by atoms with van der Waals surface area (Å²) in [6.07, 6.45) is 3.63. The van der Waals surface area contributed by atoms with Crippen molar-refractivity contribution in [3.8, 4) is 5.75 Å². The first-order valence-electron chi connectivity index (χ1n) is 11.3. The Morgan fingerprint density at radius 3 is 2.79 bits per heavy atom. The monoisotopic (exact) mass is 402 g/mol. The molecule has 6 nitrogen and oxygen atoms in total. The molecule has 1 aromatic carbocycles. The third-order valence-electron chi connectivity index (χ3n) is 5.68. The first kappa shape index (κ1) is 21.9. The fraction of sp³-hybridized carbons (Fsp3) is 0.696. The third kappa shape index (κ3) is 6.89. The Morgan fingerprint density at radius 2 is 2.03 bits per heavy atom. The van der Waals surface area contributed by atoms with E-state index in [0.29, 0.717) is 18.1 Å². The molecule has 6 heteroatoms. The molecule has 2 heterocycles. The molecule has 0 aromatic heterocycles. The van der Waals surface area contributed by atoms with Gasteiger partial charge in [-0.3, -0.25) is 4.99 Å².